The topological polar surface area (TPSA) is 155 Å². The van der Waals surface area contributed by atoms with Crippen molar-refractivity contribution in [1.82, 2.24) is 0 Å². The predicted molar refractivity (Wildman–Crippen MR) is 55.8 cm³/mol. The summed E-state index contributed by atoms with van der Waals surface area (Å²) in [6.45, 7) is 0. The van der Waals surface area contributed by atoms with Crippen molar-refractivity contribution in [2.75, 3.05) is 0 Å². The minimum absolute atomic E-state index is 0. The fraction of sp³-hybridized carbons (Fsp3) is 0.250. The van der Waals surface area contributed by atoms with Gasteiger partial charge in [0.05, 0.1) is 0 Å². The van der Waals surface area contributed by atoms with E-state index in [9.17, 15) is 25.9 Å². The molecule has 1 aromatic carbocycles. The van der Waals surface area contributed by atoms with Gasteiger partial charge in [0.2, 0.25) is 0 Å². The summed E-state index contributed by atoms with van der Waals surface area (Å²) in [6.07, 6.45) is 0. The molecule has 0 aliphatic carbocycles. The molecule has 0 aliphatic rings. The molecule has 0 saturated heterocycles. The van der Waals surface area contributed by atoms with Crippen LogP contribution in [0.15, 0.2) is 24.3 Å². The molecule has 1 aromatic rings. The van der Waals surface area contributed by atoms with Gasteiger partial charge in [-0.3, -0.25) is 0 Å². The van der Waals surface area contributed by atoms with E-state index in [1.165, 1.54) is 0 Å². The number of hydrogen-bond acceptors (Lipinski definition) is 8. The van der Waals surface area contributed by atoms with Crippen molar-refractivity contribution in [3.05, 3.63) is 35.4 Å². The van der Waals surface area contributed by atoms with Gasteiger partial charge in [-0.25, -0.2) is 16.8 Å². The second-order valence-corrected chi connectivity index (χ2v) is 6.22. The zero-order chi connectivity index (χ0) is 14.1. The molecule has 2 N–H and O–H groups in total. The first-order chi connectivity index (χ1) is 8.03. The molecule has 2 unspecified atom stereocenters. The Bertz CT molecular complexity index is 568. The van der Waals surface area contributed by atoms with Gasteiger partial charge in [0.1, 0.15) is 20.2 Å². The number of benzene rings is 1. The van der Waals surface area contributed by atoms with Crippen molar-refractivity contribution in [2.45, 2.75) is 10.9 Å². The summed E-state index contributed by atoms with van der Waals surface area (Å²) in [4.78, 5) is 0. The van der Waals surface area contributed by atoms with Gasteiger partial charge in [-0.1, -0.05) is 24.3 Å². The molecule has 8 nitrogen and oxygen atoms in total. The van der Waals surface area contributed by atoms with E-state index in [0.29, 0.717) is 0 Å². The molecule has 0 spiro atoms. The first kappa shape index (κ1) is 23.2. The Morgan fingerprint density at radius 1 is 0.750 bits per heavy atom. The first-order valence-corrected chi connectivity index (χ1v) is 7.33. The standard InChI is InChI=1S/C8H10O8S2.2Na/c9-7(17(11,12)13)5-1-2-6(4-3-5)8(10)18(14,15)16;;/h1-4,7-10H,(H,11,12,13)(H,14,15,16);;/q;2*+1/p-2. The minimum Gasteiger partial charge on any atom is -0.746 e. The van der Waals surface area contributed by atoms with Crippen molar-refractivity contribution in [3.63, 3.8) is 0 Å². The Balaban J connectivity index is 0. The molecule has 0 heterocycles. The molecular formula is C8H8Na2O8S2. The molecule has 1 rings (SSSR count). The maximum Gasteiger partial charge on any atom is 1.00 e. The van der Waals surface area contributed by atoms with E-state index in [4.69, 9.17) is 10.2 Å². The average molecular weight is 342 g/mol. The van der Waals surface area contributed by atoms with E-state index in [2.05, 4.69) is 0 Å². The van der Waals surface area contributed by atoms with E-state index in [1.54, 1.807) is 0 Å². The maximum atomic E-state index is 10.5. The number of aliphatic hydroxyl groups is 2. The molecule has 0 amide bonds. The van der Waals surface area contributed by atoms with Crippen LogP contribution in [0.2, 0.25) is 0 Å². The summed E-state index contributed by atoms with van der Waals surface area (Å²) in [5.74, 6) is 0. The van der Waals surface area contributed by atoms with Gasteiger partial charge in [0.25, 0.3) is 0 Å². The third-order valence-corrected chi connectivity index (χ3v) is 3.69. The van der Waals surface area contributed by atoms with Gasteiger partial charge >= 0.3 is 59.1 Å². The predicted octanol–water partition coefficient (Wildman–Crippen LogP) is -7.23. The van der Waals surface area contributed by atoms with Crippen LogP contribution in [0, 0.1) is 0 Å². The van der Waals surface area contributed by atoms with Gasteiger partial charge in [-0.15, -0.1) is 0 Å². The van der Waals surface area contributed by atoms with Crippen LogP contribution in [0.4, 0.5) is 0 Å². The third kappa shape index (κ3) is 6.38. The fourth-order valence-corrected chi connectivity index (χ4v) is 2.14. The van der Waals surface area contributed by atoms with Crippen LogP contribution in [0.3, 0.4) is 0 Å². The number of hydrogen-bond donors (Lipinski definition) is 2. The minimum atomic E-state index is -4.95. The van der Waals surface area contributed by atoms with Crippen LogP contribution in [-0.2, 0) is 20.2 Å². The molecule has 0 aliphatic heterocycles. The summed E-state index contributed by atoms with van der Waals surface area (Å²) in [7, 11) is -9.91. The smallest absolute Gasteiger partial charge is 0.746 e. The van der Waals surface area contributed by atoms with Crippen LogP contribution < -0.4 is 59.1 Å². The van der Waals surface area contributed by atoms with Crippen molar-refractivity contribution in [3.8, 4) is 0 Å². The molecule has 0 radical (unpaired) electrons. The summed E-state index contributed by atoms with van der Waals surface area (Å²) >= 11 is 0. The molecule has 102 valence electrons. The molecule has 0 fully saturated rings. The SMILES string of the molecule is O=S(=O)([O-])C(O)c1ccc(C(O)S(=O)(=O)[O-])cc1.[Na+].[Na+]. The molecule has 0 saturated carbocycles. The van der Waals surface area contributed by atoms with Crippen LogP contribution in [0.25, 0.3) is 0 Å². The summed E-state index contributed by atoms with van der Waals surface area (Å²) in [6, 6.07) is 3.68. The molecule has 20 heavy (non-hydrogen) atoms. The Hall–Kier alpha value is 0.960. The fourth-order valence-electron chi connectivity index (χ4n) is 1.16. The Morgan fingerprint density at radius 3 is 1.10 bits per heavy atom. The van der Waals surface area contributed by atoms with Crippen molar-refractivity contribution >= 4 is 20.2 Å². The molecule has 12 heteroatoms. The van der Waals surface area contributed by atoms with Crippen LogP contribution >= 0.6 is 0 Å². The number of rotatable bonds is 4. The monoisotopic (exact) mass is 342 g/mol. The third-order valence-electron chi connectivity index (χ3n) is 2.05. The largest absolute Gasteiger partial charge is 1.00 e. The zero-order valence-electron chi connectivity index (χ0n) is 10.6. The normalized spacial score (nSPS) is 14.6. The van der Waals surface area contributed by atoms with Crippen molar-refractivity contribution in [1.29, 1.82) is 0 Å². The molecule has 0 bridgehead atoms. The van der Waals surface area contributed by atoms with E-state index >= 15 is 0 Å². The van der Waals surface area contributed by atoms with E-state index in [0.717, 1.165) is 24.3 Å². The first-order valence-electron chi connectivity index (χ1n) is 4.39. The van der Waals surface area contributed by atoms with Gasteiger partial charge in [0, 0.05) is 0 Å². The quantitative estimate of drug-likeness (QED) is 0.404. The Labute approximate surface area is 160 Å². The molecule has 2 atom stereocenters. The van der Waals surface area contributed by atoms with E-state index in [1.807, 2.05) is 0 Å². The van der Waals surface area contributed by atoms with Crippen LogP contribution in [0.1, 0.15) is 22.0 Å². The van der Waals surface area contributed by atoms with Crippen LogP contribution in [-0.4, -0.2) is 36.2 Å². The average Bonchev–Trinajstić information content (AvgIpc) is 2.25. The second-order valence-electron chi connectivity index (χ2n) is 3.36. The molecule has 0 aromatic heterocycles. The maximum absolute atomic E-state index is 10.5. The van der Waals surface area contributed by atoms with Gasteiger partial charge in [-0.2, -0.15) is 0 Å². The second kappa shape index (κ2) is 8.56. The summed E-state index contributed by atoms with van der Waals surface area (Å²) in [5.41, 5.74) is -5.20. The zero-order valence-corrected chi connectivity index (χ0v) is 16.3. The summed E-state index contributed by atoms with van der Waals surface area (Å²) in [5, 5.41) is 18.2. The van der Waals surface area contributed by atoms with Gasteiger partial charge in [0.15, 0.2) is 10.9 Å². The Morgan fingerprint density at radius 2 is 0.950 bits per heavy atom. The van der Waals surface area contributed by atoms with Gasteiger partial charge in [-0.05, 0) is 11.1 Å². The molecular weight excluding hydrogens is 334 g/mol. The Kier molecular flexibility index (Phi) is 9.94. The van der Waals surface area contributed by atoms with Crippen LogP contribution in [0.5, 0.6) is 0 Å². The van der Waals surface area contributed by atoms with Gasteiger partial charge < -0.3 is 19.3 Å². The van der Waals surface area contributed by atoms with E-state index in [-0.39, 0.29) is 70.2 Å². The van der Waals surface area contributed by atoms with Crippen molar-refractivity contribution < 1.29 is 95.3 Å². The number of aliphatic hydroxyl groups excluding tert-OH is 2. The summed E-state index contributed by atoms with van der Waals surface area (Å²) < 4.78 is 63.1. The van der Waals surface area contributed by atoms with E-state index < -0.39 is 31.1 Å². The van der Waals surface area contributed by atoms with Crippen molar-refractivity contribution in [2.24, 2.45) is 0 Å².